The van der Waals surface area contributed by atoms with Gasteiger partial charge in [0.25, 0.3) is 0 Å². The molecule has 0 saturated carbocycles. The fourth-order valence-electron chi connectivity index (χ4n) is 3.71. The van der Waals surface area contributed by atoms with Gasteiger partial charge in [0.15, 0.2) is 18.9 Å². The van der Waals surface area contributed by atoms with Gasteiger partial charge in [0.05, 0.1) is 19.3 Å². The molecule has 0 radical (unpaired) electrons. The molecule has 14 nitrogen and oxygen atoms in total. The van der Waals surface area contributed by atoms with Crippen molar-refractivity contribution >= 4 is 0 Å². The first-order valence-corrected chi connectivity index (χ1v) is 9.85. The third-order valence-electron chi connectivity index (χ3n) is 5.66. The van der Waals surface area contributed by atoms with Crippen molar-refractivity contribution in [2.45, 2.75) is 92.9 Å². The summed E-state index contributed by atoms with van der Waals surface area (Å²) in [5.74, 6) is 0. The normalized spacial score (nSPS) is 54.0. The number of ether oxygens (including phenoxy) is 5. The van der Waals surface area contributed by atoms with E-state index in [0.29, 0.717) is 0 Å². The summed E-state index contributed by atoms with van der Waals surface area (Å²) in [6.07, 6.45) is -21.4. The Morgan fingerprint density at radius 3 is 1.97 bits per heavy atom. The summed E-state index contributed by atoms with van der Waals surface area (Å²) in [5.41, 5.74) is 0. The summed E-state index contributed by atoms with van der Waals surface area (Å²) in [5, 5.41) is 89.9. The molecule has 14 heteroatoms. The predicted octanol–water partition coefficient (Wildman–Crippen LogP) is -5.91. The molecular weight excluding hydrogens is 428 g/mol. The van der Waals surface area contributed by atoms with E-state index in [1.807, 2.05) is 0 Å². The van der Waals surface area contributed by atoms with Crippen molar-refractivity contribution in [2.75, 3.05) is 13.2 Å². The number of hydrogen-bond acceptors (Lipinski definition) is 14. The Morgan fingerprint density at radius 2 is 1.32 bits per heavy atom. The maximum atomic E-state index is 10.7. The van der Waals surface area contributed by atoms with Crippen LogP contribution >= 0.6 is 0 Å². The SMILES string of the molecule is C[C@H]1O[C@@H](O[C@@H]2[C@@H](O)[C@H](O)OC[C@H]2O)[C@H](O)[C@@H](O[C@H]2O[C@H](CO)[C@H](O)[C@H](O)[C@H]2O)[C@H]1O. The second-order valence-electron chi connectivity index (χ2n) is 7.87. The maximum absolute atomic E-state index is 10.7. The highest BCUT2D eigenvalue weighted by molar-refractivity contribution is 4.94. The van der Waals surface area contributed by atoms with Gasteiger partial charge in [0.1, 0.15) is 61.0 Å². The van der Waals surface area contributed by atoms with Crippen molar-refractivity contribution < 1.29 is 69.6 Å². The van der Waals surface area contributed by atoms with E-state index < -0.39 is 92.6 Å². The minimum absolute atomic E-state index is 0.352. The third kappa shape index (κ3) is 5.02. The molecule has 3 rings (SSSR count). The van der Waals surface area contributed by atoms with E-state index in [0.717, 1.165) is 0 Å². The first-order chi connectivity index (χ1) is 14.6. The van der Waals surface area contributed by atoms with Gasteiger partial charge in [-0.05, 0) is 6.92 Å². The van der Waals surface area contributed by atoms with Crippen LogP contribution in [0.2, 0.25) is 0 Å². The van der Waals surface area contributed by atoms with E-state index in [1.165, 1.54) is 6.92 Å². The molecule has 0 bridgehead atoms. The summed E-state index contributed by atoms with van der Waals surface area (Å²) < 4.78 is 26.3. The van der Waals surface area contributed by atoms with Gasteiger partial charge in [0, 0.05) is 0 Å². The predicted molar refractivity (Wildman–Crippen MR) is 93.8 cm³/mol. The van der Waals surface area contributed by atoms with Crippen LogP contribution < -0.4 is 0 Å². The van der Waals surface area contributed by atoms with E-state index in [9.17, 15) is 46.0 Å². The molecule has 0 aromatic heterocycles. The molecule has 3 saturated heterocycles. The Morgan fingerprint density at radius 1 is 0.710 bits per heavy atom. The summed E-state index contributed by atoms with van der Waals surface area (Å²) in [6, 6.07) is 0. The first-order valence-electron chi connectivity index (χ1n) is 9.85. The Balaban J connectivity index is 1.72. The van der Waals surface area contributed by atoms with Crippen LogP contribution in [0.3, 0.4) is 0 Å². The minimum Gasteiger partial charge on any atom is -0.394 e. The molecule has 0 aromatic carbocycles. The fraction of sp³-hybridized carbons (Fsp3) is 1.00. The zero-order valence-corrected chi connectivity index (χ0v) is 16.6. The van der Waals surface area contributed by atoms with Gasteiger partial charge in [-0.15, -0.1) is 0 Å². The lowest BCUT2D eigenvalue weighted by Crippen LogP contribution is -2.65. The maximum Gasteiger partial charge on any atom is 0.187 e. The lowest BCUT2D eigenvalue weighted by molar-refractivity contribution is -0.372. The number of aliphatic hydroxyl groups is 9. The summed E-state index contributed by atoms with van der Waals surface area (Å²) in [6.45, 7) is 0.366. The van der Waals surface area contributed by atoms with Gasteiger partial charge in [0.2, 0.25) is 0 Å². The number of aliphatic hydroxyl groups excluding tert-OH is 9. The molecule has 0 aromatic rings. The molecule has 182 valence electrons. The molecule has 14 atom stereocenters. The van der Waals surface area contributed by atoms with Crippen molar-refractivity contribution in [1.82, 2.24) is 0 Å². The summed E-state index contributed by atoms with van der Waals surface area (Å²) in [7, 11) is 0. The van der Waals surface area contributed by atoms with Crippen molar-refractivity contribution in [3.63, 3.8) is 0 Å². The van der Waals surface area contributed by atoms with Crippen LogP contribution in [-0.4, -0.2) is 145 Å². The van der Waals surface area contributed by atoms with E-state index in [1.54, 1.807) is 0 Å². The van der Waals surface area contributed by atoms with Gasteiger partial charge >= 0.3 is 0 Å². The molecule has 9 N–H and O–H groups in total. The lowest BCUT2D eigenvalue weighted by Gasteiger charge is -2.47. The molecule has 3 aliphatic heterocycles. The molecule has 0 spiro atoms. The Bertz CT molecular complexity index is 579. The molecular formula is C17H30O14. The molecule has 3 aliphatic rings. The Labute approximate surface area is 176 Å². The zero-order chi connectivity index (χ0) is 23.0. The monoisotopic (exact) mass is 458 g/mol. The first kappa shape index (κ1) is 25.1. The van der Waals surface area contributed by atoms with Crippen LogP contribution in [0, 0.1) is 0 Å². The van der Waals surface area contributed by atoms with Crippen LogP contribution in [0.25, 0.3) is 0 Å². The van der Waals surface area contributed by atoms with Gasteiger partial charge in [-0.1, -0.05) is 0 Å². The fourth-order valence-corrected chi connectivity index (χ4v) is 3.71. The van der Waals surface area contributed by atoms with Crippen LogP contribution in [0.15, 0.2) is 0 Å². The van der Waals surface area contributed by atoms with Crippen LogP contribution in [0.4, 0.5) is 0 Å². The van der Waals surface area contributed by atoms with Crippen LogP contribution in [0.1, 0.15) is 6.92 Å². The van der Waals surface area contributed by atoms with Gasteiger partial charge in [-0.25, -0.2) is 0 Å². The highest BCUT2D eigenvalue weighted by Gasteiger charge is 2.51. The highest BCUT2D eigenvalue weighted by atomic mass is 16.7. The molecule has 3 heterocycles. The Kier molecular flexibility index (Phi) is 8.21. The second-order valence-corrected chi connectivity index (χ2v) is 7.87. The topological polar surface area (TPSA) is 228 Å². The third-order valence-corrected chi connectivity index (χ3v) is 5.66. The van der Waals surface area contributed by atoms with Crippen LogP contribution in [0.5, 0.6) is 0 Å². The molecule has 3 fully saturated rings. The number of hydrogen-bond donors (Lipinski definition) is 9. The highest BCUT2D eigenvalue weighted by Crippen LogP contribution is 2.31. The average molecular weight is 458 g/mol. The summed E-state index contributed by atoms with van der Waals surface area (Å²) in [4.78, 5) is 0. The van der Waals surface area contributed by atoms with E-state index in [-0.39, 0.29) is 6.61 Å². The molecule has 0 unspecified atom stereocenters. The van der Waals surface area contributed by atoms with Gasteiger partial charge < -0.3 is 69.6 Å². The quantitative estimate of drug-likeness (QED) is 0.187. The van der Waals surface area contributed by atoms with Gasteiger partial charge in [-0.2, -0.15) is 0 Å². The molecule has 0 aliphatic carbocycles. The van der Waals surface area contributed by atoms with Crippen molar-refractivity contribution in [1.29, 1.82) is 0 Å². The standard InChI is InChI=1S/C17H30O14/c1-4-7(20)14(31-16-10(23)9(22)8(21)6(2-18)29-16)12(25)17(28-4)30-13-5(19)3-27-15(26)11(13)24/h4-26H,2-3H2,1H3/t4-,5-,6-,7+,8+,9+,10-,11-,12-,13+,14+,15-,16-,17+/m1/s1. The van der Waals surface area contributed by atoms with Crippen LogP contribution in [-0.2, 0) is 23.7 Å². The van der Waals surface area contributed by atoms with E-state index >= 15 is 0 Å². The smallest absolute Gasteiger partial charge is 0.187 e. The van der Waals surface area contributed by atoms with Gasteiger partial charge in [-0.3, -0.25) is 0 Å². The van der Waals surface area contributed by atoms with Crippen molar-refractivity contribution in [2.24, 2.45) is 0 Å². The largest absolute Gasteiger partial charge is 0.394 e. The minimum atomic E-state index is -1.77. The molecule has 31 heavy (non-hydrogen) atoms. The number of rotatable bonds is 5. The lowest BCUT2D eigenvalue weighted by atomic mass is 9.97. The van der Waals surface area contributed by atoms with E-state index in [2.05, 4.69) is 0 Å². The van der Waals surface area contributed by atoms with Crippen molar-refractivity contribution in [3.8, 4) is 0 Å². The Hall–Kier alpha value is -0.560. The zero-order valence-electron chi connectivity index (χ0n) is 16.6. The van der Waals surface area contributed by atoms with Crippen molar-refractivity contribution in [3.05, 3.63) is 0 Å². The second kappa shape index (κ2) is 10.1. The van der Waals surface area contributed by atoms with E-state index in [4.69, 9.17) is 23.7 Å². The molecule has 0 amide bonds. The average Bonchev–Trinajstić information content (AvgIpc) is 2.74. The summed E-state index contributed by atoms with van der Waals surface area (Å²) >= 11 is 0.